The Bertz CT molecular complexity index is 553. The highest BCUT2D eigenvalue weighted by atomic mass is 79.9. The van der Waals surface area contributed by atoms with Crippen LogP contribution in [0.15, 0.2) is 27.3 Å². The second-order valence-electron chi connectivity index (χ2n) is 4.55. The summed E-state index contributed by atoms with van der Waals surface area (Å²) in [4.78, 5) is 8.57. The van der Waals surface area contributed by atoms with Crippen molar-refractivity contribution >= 4 is 15.9 Å². The molecule has 1 atom stereocenters. The van der Waals surface area contributed by atoms with Gasteiger partial charge in [0.2, 0.25) is 11.7 Å². The van der Waals surface area contributed by atoms with Gasteiger partial charge in [-0.25, -0.2) is 0 Å². The van der Waals surface area contributed by atoms with Crippen molar-refractivity contribution in [3.05, 3.63) is 28.7 Å². The van der Waals surface area contributed by atoms with Crippen molar-refractivity contribution in [2.45, 2.75) is 25.3 Å². The van der Waals surface area contributed by atoms with E-state index in [9.17, 15) is 0 Å². The maximum atomic E-state index is 6.04. The summed E-state index contributed by atoms with van der Waals surface area (Å²) < 4.78 is 6.07. The van der Waals surface area contributed by atoms with Crippen molar-refractivity contribution in [1.29, 1.82) is 0 Å². The van der Waals surface area contributed by atoms with Crippen molar-refractivity contribution in [3.8, 4) is 11.5 Å². The number of aromatic nitrogens is 3. The Hall–Kier alpha value is -1.27. The van der Waals surface area contributed by atoms with Crippen LogP contribution in [-0.2, 0) is 6.42 Å². The summed E-state index contributed by atoms with van der Waals surface area (Å²) in [5.41, 5.74) is 6.72. The van der Waals surface area contributed by atoms with Gasteiger partial charge in [-0.1, -0.05) is 5.16 Å². The lowest BCUT2D eigenvalue weighted by Crippen LogP contribution is -2.25. The minimum Gasteiger partial charge on any atom is -0.339 e. The van der Waals surface area contributed by atoms with Crippen molar-refractivity contribution in [3.63, 3.8) is 0 Å². The molecule has 0 saturated heterocycles. The smallest absolute Gasteiger partial charge is 0.228 e. The fourth-order valence-corrected chi connectivity index (χ4v) is 2.31. The van der Waals surface area contributed by atoms with Crippen LogP contribution in [0.1, 0.15) is 18.7 Å². The van der Waals surface area contributed by atoms with E-state index in [2.05, 4.69) is 31.1 Å². The van der Waals surface area contributed by atoms with Crippen molar-refractivity contribution < 1.29 is 4.52 Å². The van der Waals surface area contributed by atoms with Gasteiger partial charge in [0.05, 0.1) is 0 Å². The third-order valence-electron chi connectivity index (χ3n) is 3.08. The van der Waals surface area contributed by atoms with E-state index in [0.29, 0.717) is 29.7 Å². The van der Waals surface area contributed by atoms with Gasteiger partial charge >= 0.3 is 0 Å². The van der Waals surface area contributed by atoms with E-state index >= 15 is 0 Å². The molecule has 1 saturated carbocycles. The Kier molecular flexibility index (Phi) is 3.13. The van der Waals surface area contributed by atoms with Crippen molar-refractivity contribution in [2.24, 2.45) is 11.7 Å². The first-order valence-corrected chi connectivity index (χ1v) is 6.72. The molecule has 1 fully saturated rings. The van der Waals surface area contributed by atoms with Gasteiger partial charge in [0.25, 0.3) is 0 Å². The lowest BCUT2D eigenvalue weighted by molar-refractivity contribution is 0.363. The van der Waals surface area contributed by atoms with Crippen molar-refractivity contribution in [2.75, 3.05) is 0 Å². The van der Waals surface area contributed by atoms with E-state index in [1.807, 2.05) is 12.1 Å². The van der Waals surface area contributed by atoms with Crippen LogP contribution in [0.25, 0.3) is 11.5 Å². The molecule has 1 unspecified atom stereocenters. The number of hydrogen-bond acceptors (Lipinski definition) is 5. The number of halogens is 1. The molecule has 18 heavy (non-hydrogen) atoms. The van der Waals surface area contributed by atoms with Crippen LogP contribution < -0.4 is 5.73 Å². The van der Waals surface area contributed by atoms with E-state index in [1.165, 1.54) is 12.8 Å². The molecule has 2 heterocycles. The standard InChI is InChI=1S/C12H13BrN4O/c13-8-2-1-5-15-11(8)12-16-10(18-17-12)6-9(14)7-3-4-7/h1-2,5,7,9H,3-4,6,14H2. The van der Waals surface area contributed by atoms with E-state index in [-0.39, 0.29) is 6.04 Å². The second-order valence-corrected chi connectivity index (χ2v) is 5.41. The molecule has 6 heteroatoms. The van der Waals surface area contributed by atoms with Crippen LogP contribution in [0.5, 0.6) is 0 Å². The summed E-state index contributed by atoms with van der Waals surface area (Å²) in [5.74, 6) is 1.71. The summed E-state index contributed by atoms with van der Waals surface area (Å²) in [7, 11) is 0. The van der Waals surface area contributed by atoms with Gasteiger partial charge in [0.1, 0.15) is 5.69 Å². The fraction of sp³-hybridized carbons (Fsp3) is 0.417. The monoisotopic (exact) mass is 308 g/mol. The third kappa shape index (κ3) is 2.44. The number of nitrogens with two attached hydrogens (primary N) is 1. The van der Waals surface area contributed by atoms with Crippen LogP contribution in [0.3, 0.4) is 0 Å². The van der Waals surface area contributed by atoms with Gasteiger partial charge in [-0.3, -0.25) is 4.98 Å². The molecule has 0 aliphatic heterocycles. The van der Waals surface area contributed by atoms with Crippen LogP contribution in [0.2, 0.25) is 0 Å². The highest BCUT2D eigenvalue weighted by Gasteiger charge is 2.29. The Labute approximate surface area is 113 Å². The Morgan fingerprint density at radius 1 is 1.50 bits per heavy atom. The lowest BCUT2D eigenvalue weighted by atomic mass is 10.1. The molecule has 1 aliphatic carbocycles. The zero-order valence-corrected chi connectivity index (χ0v) is 11.3. The molecule has 2 aromatic rings. The molecule has 0 spiro atoms. The molecular weight excluding hydrogens is 296 g/mol. The SMILES string of the molecule is NC(Cc1nc(-c2ncccc2Br)no1)C1CC1. The summed E-state index contributed by atoms with van der Waals surface area (Å²) in [6.45, 7) is 0. The third-order valence-corrected chi connectivity index (χ3v) is 3.72. The number of nitrogens with zero attached hydrogens (tertiary/aromatic N) is 3. The molecule has 2 aromatic heterocycles. The molecule has 0 amide bonds. The molecule has 3 rings (SSSR count). The van der Waals surface area contributed by atoms with Gasteiger partial charge in [-0.05, 0) is 46.8 Å². The average molecular weight is 309 g/mol. The van der Waals surface area contributed by atoms with Gasteiger partial charge in [0.15, 0.2) is 0 Å². The highest BCUT2D eigenvalue weighted by Crippen LogP contribution is 2.33. The molecule has 2 N–H and O–H groups in total. The van der Waals surface area contributed by atoms with Crippen LogP contribution in [0.4, 0.5) is 0 Å². The molecular formula is C12H13BrN4O. The van der Waals surface area contributed by atoms with E-state index in [4.69, 9.17) is 10.3 Å². The fourth-order valence-electron chi connectivity index (χ4n) is 1.88. The van der Waals surface area contributed by atoms with Gasteiger partial charge < -0.3 is 10.3 Å². The Morgan fingerprint density at radius 3 is 3.06 bits per heavy atom. The van der Waals surface area contributed by atoms with E-state index in [1.54, 1.807) is 6.20 Å². The maximum absolute atomic E-state index is 6.04. The first kappa shape index (κ1) is 11.8. The first-order valence-electron chi connectivity index (χ1n) is 5.93. The molecule has 1 aliphatic rings. The predicted molar refractivity (Wildman–Crippen MR) is 69.6 cm³/mol. The minimum absolute atomic E-state index is 0.130. The van der Waals surface area contributed by atoms with Gasteiger partial charge in [-0.2, -0.15) is 4.98 Å². The number of rotatable bonds is 4. The molecule has 94 valence electrons. The summed E-state index contributed by atoms with van der Waals surface area (Å²) in [5, 5.41) is 3.95. The molecule has 0 bridgehead atoms. The van der Waals surface area contributed by atoms with Crippen LogP contribution in [0, 0.1) is 5.92 Å². The first-order chi connectivity index (χ1) is 8.74. The Balaban J connectivity index is 1.78. The number of hydrogen-bond donors (Lipinski definition) is 1. The van der Waals surface area contributed by atoms with Crippen LogP contribution in [-0.4, -0.2) is 21.2 Å². The average Bonchev–Trinajstić information content (AvgIpc) is 3.12. The van der Waals surface area contributed by atoms with Crippen LogP contribution >= 0.6 is 15.9 Å². The largest absolute Gasteiger partial charge is 0.339 e. The molecule has 0 aromatic carbocycles. The predicted octanol–water partition coefficient (Wildman–Crippen LogP) is 2.17. The topological polar surface area (TPSA) is 77.8 Å². The molecule has 5 nitrogen and oxygen atoms in total. The highest BCUT2D eigenvalue weighted by molar-refractivity contribution is 9.10. The van der Waals surface area contributed by atoms with E-state index < -0.39 is 0 Å². The van der Waals surface area contributed by atoms with Gasteiger partial charge in [0, 0.05) is 23.1 Å². The minimum atomic E-state index is 0.130. The molecule has 0 radical (unpaired) electrons. The Morgan fingerprint density at radius 2 is 2.33 bits per heavy atom. The lowest BCUT2D eigenvalue weighted by Gasteiger charge is -2.04. The quantitative estimate of drug-likeness (QED) is 0.936. The van der Waals surface area contributed by atoms with Gasteiger partial charge in [-0.15, -0.1) is 0 Å². The zero-order valence-electron chi connectivity index (χ0n) is 9.71. The second kappa shape index (κ2) is 4.78. The summed E-state index contributed by atoms with van der Waals surface area (Å²) >= 11 is 3.42. The normalized spacial score (nSPS) is 16.8. The summed E-state index contributed by atoms with van der Waals surface area (Å²) in [6.07, 6.45) is 4.77. The maximum Gasteiger partial charge on any atom is 0.228 e. The van der Waals surface area contributed by atoms with E-state index in [0.717, 1.165) is 4.47 Å². The number of pyridine rings is 1. The zero-order chi connectivity index (χ0) is 12.5. The summed E-state index contributed by atoms with van der Waals surface area (Å²) in [6, 6.07) is 3.87. The van der Waals surface area contributed by atoms with Crippen molar-refractivity contribution in [1.82, 2.24) is 15.1 Å².